The van der Waals surface area contributed by atoms with Crippen LogP contribution < -0.4 is 10.4 Å². The van der Waals surface area contributed by atoms with Gasteiger partial charge in [0.25, 0.3) is 0 Å². The van der Waals surface area contributed by atoms with Gasteiger partial charge < -0.3 is 4.74 Å². The highest BCUT2D eigenvalue weighted by atomic mass is 32.1. The summed E-state index contributed by atoms with van der Waals surface area (Å²) in [5.74, 6) is -0.806. The third-order valence-electron chi connectivity index (χ3n) is 4.84. The Hall–Kier alpha value is -4.22. The van der Waals surface area contributed by atoms with Crippen LogP contribution in [-0.4, -0.2) is 40.4 Å². The lowest BCUT2D eigenvalue weighted by atomic mass is 10.1. The Bertz CT molecular complexity index is 1400. The third-order valence-corrected chi connectivity index (χ3v) is 6.33. The summed E-state index contributed by atoms with van der Waals surface area (Å²) in [6.45, 7) is 0. The molecule has 1 aliphatic rings. The Morgan fingerprint density at radius 3 is 2.56 bits per heavy atom. The van der Waals surface area contributed by atoms with Crippen molar-refractivity contribution in [1.29, 1.82) is 0 Å². The van der Waals surface area contributed by atoms with E-state index < -0.39 is 11.9 Å². The molecule has 4 aromatic rings. The fourth-order valence-electron chi connectivity index (χ4n) is 3.19. The zero-order chi connectivity index (χ0) is 23.5. The lowest BCUT2D eigenvalue weighted by Crippen LogP contribution is -2.28. The summed E-state index contributed by atoms with van der Waals surface area (Å²) in [5.41, 5.74) is 6.10. The number of benzene rings is 2. The Morgan fingerprint density at radius 1 is 1.06 bits per heavy atom. The van der Waals surface area contributed by atoms with Gasteiger partial charge in [0, 0.05) is 28.1 Å². The van der Waals surface area contributed by atoms with E-state index in [9.17, 15) is 9.59 Å². The van der Waals surface area contributed by atoms with E-state index in [1.54, 1.807) is 30.5 Å². The van der Waals surface area contributed by atoms with Gasteiger partial charge in [-0.3, -0.25) is 10.2 Å². The van der Waals surface area contributed by atoms with E-state index in [1.165, 1.54) is 34.8 Å². The number of ether oxygens (including phenoxy) is 1. The van der Waals surface area contributed by atoms with Crippen LogP contribution >= 0.6 is 22.7 Å². The topological polar surface area (TPSA) is 109 Å². The molecule has 0 atom stereocenters. The molecule has 0 spiro atoms. The van der Waals surface area contributed by atoms with Gasteiger partial charge in [0.1, 0.15) is 5.71 Å². The number of hydrogen-bond donors (Lipinski definition) is 1. The maximum Gasteiger partial charge on any atom is 0.337 e. The van der Waals surface area contributed by atoms with Crippen LogP contribution in [-0.2, 0) is 9.53 Å². The number of thiazole rings is 2. The number of nitrogens with one attached hydrogen (secondary N) is 1. The van der Waals surface area contributed by atoms with Gasteiger partial charge in [0.15, 0.2) is 5.71 Å². The number of hydrazone groups is 2. The molecule has 34 heavy (non-hydrogen) atoms. The molecule has 0 unspecified atom stereocenters. The van der Waals surface area contributed by atoms with Crippen molar-refractivity contribution in [2.75, 3.05) is 17.5 Å². The van der Waals surface area contributed by atoms with Gasteiger partial charge in [0.2, 0.25) is 10.3 Å². The molecule has 1 amide bonds. The van der Waals surface area contributed by atoms with Crippen LogP contribution in [0.1, 0.15) is 15.9 Å². The number of nitrogens with zero attached hydrogens (tertiary/aromatic N) is 5. The van der Waals surface area contributed by atoms with Gasteiger partial charge >= 0.3 is 11.9 Å². The molecule has 2 aromatic carbocycles. The highest BCUT2D eigenvalue weighted by Crippen LogP contribution is 2.30. The SMILES string of the molecule is COC(=O)c1ccc(-c2csc(N3N=C(c4ccccc4)/C(=N/Nc4nccs4)C3=O)n2)cc1. The van der Waals surface area contributed by atoms with Gasteiger partial charge in [-0.2, -0.15) is 15.2 Å². The average Bonchev–Trinajstić information content (AvgIpc) is 3.64. The Kier molecular flexibility index (Phi) is 5.93. The van der Waals surface area contributed by atoms with Crippen molar-refractivity contribution in [3.05, 3.63) is 82.7 Å². The maximum absolute atomic E-state index is 13.3. The minimum absolute atomic E-state index is 0.167. The summed E-state index contributed by atoms with van der Waals surface area (Å²) < 4.78 is 4.73. The highest BCUT2D eigenvalue weighted by Gasteiger charge is 2.35. The number of anilines is 2. The number of amides is 1. The third kappa shape index (κ3) is 4.21. The minimum Gasteiger partial charge on any atom is -0.465 e. The van der Waals surface area contributed by atoms with E-state index >= 15 is 0 Å². The van der Waals surface area contributed by atoms with Crippen molar-refractivity contribution < 1.29 is 14.3 Å². The van der Waals surface area contributed by atoms with Crippen LogP contribution in [0.25, 0.3) is 11.3 Å². The van der Waals surface area contributed by atoms with Crippen LogP contribution in [0.4, 0.5) is 10.3 Å². The standard InChI is InChI=1S/C23H16N6O3S2/c1-32-21(31)16-9-7-14(8-10-16)17-13-34-23(25-17)29-20(30)19(26-27-22-24-11-12-33-22)18(28-29)15-5-3-2-4-6-15/h2-13H,1H3,(H,24,27)/b26-19-. The molecule has 3 heterocycles. The number of esters is 1. The predicted octanol–water partition coefficient (Wildman–Crippen LogP) is 4.27. The summed E-state index contributed by atoms with van der Waals surface area (Å²) in [6.07, 6.45) is 1.65. The van der Waals surface area contributed by atoms with E-state index in [-0.39, 0.29) is 5.71 Å². The van der Waals surface area contributed by atoms with Gasteiger partial charge in [-0.25, -0.2) is 14.8 Å². The molecule has 0 radical (unpaired) electrons. The quantitative estimate of drug-likeness (QED) is 0.321. The number of methoxy groups -OCH3 is 1. The zero-order valence-corrected chi connectivity index (χ0v) is 19.3. The van der Waals surface area contributed by atoms with Crippen molar-refractivity contribution in [2.24, 2.45) is 10.2 Å². The molecule has 11 heteroatoms. The molecule has 5 rings (SSSR count). The molecular formula is C23H16N6O3S2. The fourth-order valence-corrected chi connectivity index (χ4v) is 4.44. The summed E-state index contributed by atoms with van der Waals surface area (Å²) in [6, 6.07) is 16.3. The molecule has 1 N–H and O–H groups in total. The lowest BCUT2D eigenvalue weighted by molar-refractivity contribution is -0.112. The number of hydrogen-bond acceptors (Lipinski definition) is 10. The molecule has 0 fully saturated rings. The zero-order valence-electron chi connectivity index (χ0n) is 17.7. The number of rotatable bonds is 6. The predicted molar refractivity (Wildman–Crippen MR) is 133 cm³/mol. The summed E-state index contributed by atoms with van der Waals surface area (Å²) in [5, 5.41) is 14.7. The van der Waals surface area contributed by atoms with Gasteiger partial charge in [0.05, 0.1) is 18.4 Å². The van der Waals surface area contributed by atoms with Crippen LogP contribution in [0.5, 0.6) is 0 Å². The average molecular weight is 489 g/mol. The Morgan fingerprint density at radius 2 is 1.85 bits per heavy atom. The first-order valence-corrected chi connectivity index (χ1v) is 11.8. The minimum atomic E-state index is -0.408. The molecule has 1 aliphatic heterocycles. The first kappa shape index (κ1) is 21.6. The summed E-state index contributed by atoms with van der Waals surface area (Å²) in [7, 11) is 1.34. The summed E-state index contributed by atoms with van der Waals surface area (Å²) in [4.78, 5) is 33.7. The van der Waals surface area contributed by atoms with Gasteiger partial charge in [-0.15, -0.1) is 22.7 Å². The van der Waals surface area contributed by atoms with Crippen molar-refractivity contribution in [2.45, 2.75) is 0 Å². The highest BCUT2D eigenvalue weighted by molar-refractivity contribution is 7.14. The maximum atomic E-state index is 13.3. The normalized spacial score (nSPS) is 14.4. The van der Waals surface area contributed by atoms with E-state index in [2.05, 4.69) is 25.6 Å². The van der Waals surface area contributed by atoms with Crippen molar-refractivity contribution >= 4 is 56.2 Å². The number of aromatic nitrogens is 2. The molecule has 0 aliphatic carbocycles. The monoisotopic (exact) mass is 488 g/mol. The second kappa shape index (κ2) is 9.33. The summed E-state index contributed by atoms with van der Waals surface area (Å²) >= 11 is 2.66. The largest absolute Gasteiger partial charge is 0.465 e. The van der Waals surface area contributed by atoms with Gasteiger partial charge in [-0.05, 0) is 12.1 Å². The molecule has 2 aromatic heterocycles. The van der Waals surface area contributed by atoms with Crippen LogP contribution in [0.2, 0.25) is 0 Å². The van der Waals surface area contributed by atoms with Crippen molar-refractivity contribution in [3.8, 4) is 11.3 Å². The van der Waals surface area contributed by atoms with E-state index in [1.807, 2.05) is 41.1 Å². The fraction of sp³-hybridized carbons (Fsp3) is 0.0435. The Labute approximate surface area is 202 Å². The molecule has 168 valence electrons. The molecular weight excluding hydrogens is 472 g/mol. The first-order chi connectivity index (χ1) is 16.6. The Balaban J connectivity index is 1.46. The van der Waals surface area contributed by atoms with Crippen molar-refractivity contribution in [1.82, 2.24) is 9.97 Å². The molecule has 0 bridgehead atoms. The number of carbonyl (C=O) groups is 2. The lowest BCUT2D eigenvalue weighted by Gasteiger charge is -2.06. The van der Waals surface area contributed by atoms with Crippen LogP contribution in [0.3, 0.4) is 0 Å². The van der Waals surface area contributed by atoms with Gasteiger partial charge in [-0.1, -0.05) is 42.5 Å². The second-order valence-corrected chi connectivity index (χ2v) is 8.66. The molecule has 9 nitrogen and oxygen atoms in total. The van der Waals surface area contributed by atoms with E-state index in [0.29, 0.717) is 27.2 Å². The van der Waals surface area contributed by atoms with Crippen LogP contribution in [0, 0.1) is 0 Å². The number of carbonyl (C=O) groups excluding carboxylic acids is 2. The van der Waals surface area contributed by atoms with E-state index in [0.717, 1.165) is 11.1 Å². The molecule has 0 saturated heterocycles. The van der Waals surface area contributed by atoms with E-state index in [4.69, 9.17) is 4.74 Å². The molecule has 0 saturated carbocycles. The van der Waals surface area contributed by atoms with Crippen molar-refractivity contribution in [3.63, 3.8) is 0 Å². The first-order valence-electron chi connectivity index (χ1n) is 10.0. The smallest absolute Gasteiger partial charge is 0.337 e. The van der Waals surface area contributed by atoms with Crippen LogP contribution in [0.15, 0.2) is 81.8 Å². The second-order valence-electron chi connectivity index (χ2n) is 6.93.